The fraction of sp³-hybridized carbons (Fsp3) is 0.318. The number of hydrogen-bond donors (Lipinski definition) is 1. The number of methoxy groups -OCH3 is 1. The van der Waals surface area contributed by atoms with Crippen LogP contribution in [0.1, 0.15) is 34.3 Å². The number of carbonyl (C=O) groups is 3. The molecule has 0 atom stereocenters. The molecule has 3 rings (SSSR count). The van der Waals surface area contributed by atoms with Crippen molar-refractivity contribution < 1.29 is 23.9 Å². The second kappa shape index (κ2) is 9.23. The van der Waals surface area contributed by atoms with E-state index in [9.17, 15) is 14.4 Å². The zero-order valence-corrected chi connectivity index (χ0v) is 16.6. The van der Waals surface area contributed by atoms with E-state index in [2.05, 4.69) is 5.32 Å². The van der Waals surface area contributed by atoms with Gasteiger partial charge in [0.2, 0.25) is 5.91 Å². The Hall–Kier alpha value is -3.35. The summed E-state index contributed by atoms with van der Waals surface area (Å²) in [6, 6.07) is 12.3. The Morgan fingerprint density at radius 1 is 1.17 bits per heavy atom. The molecule has 1 aliphatic heterocycles. The summed E-state index contributed by atoms with van der Waals surface area (Å²) in [6.07, 6.45) is 1.43. The number of carbonyl (C=O) groups excluding carboxylic acids is 3. The van der Waals surface area contributed by atoms with E-state index in [4.69, 9.17) is 9.47 Å². The highest BCUT2D eigenvalue weighted by atomic mass is 16.5. The molecule has 1 heterocycles. The predicted molar refractivity (Wildman–Crippen MR) is 108 cm³/mol. The van der Waals surface area contributed by atoms with Crippen LogP contribution in [0.4, 0.5) is 5.69 Å². The van der Waals surface area contributed by atoms with Gasteiger partial charge in [-0.1, -0.05) is 18.2 Å². The van der Waals surface area contributed by atoms with E-state index in [1.807, 2.05) is 19.1 Å². The molecule has 1 saturated heterocycles. The van der Waals surface area contributed by atoms with Crippen molar-refractivity contribution in [3.63, 3.8) is 0 Å². The van der Waals surface area contributed by atoms with Crippen LogP contribution in [0, 0.1) is 6.92 Å². The number of esters is 1. The Bertz CT molecular complexity index is 925. The van der Waals surface area contributed by atoms with E-state index in [0.29, 0.717) is 30.0 Å². The molecule has 0 radical (unpaired) electrons. The highest BCUT2D eigenvalue weighted by Gasteiger charge is 2.20. The van der Waals surface area contributed by atoms with Crippen LogP contribution in [0.25, 0.3) is 0 Å². The lowest BCUT2D eigenvalue weighted by atomic mass is 10.1. The van der Waals surface area contributed by atoms with Gasteiger partial charge in [0.15, 0.2) is 6.61 Å². The van der Waals surface area contributed by atoms with Gasteiger partial charge in [-0.2, -0.15) is 0 Å². The van der Waals surface area contributed by atoms with Crippen LogP contribution in [0.15, 0.2) is 42.5 Å². The van der Waals surface area contributed by atoms with Crippen molar-refractivity contribution in [3.8, 4) is 5.75 Å². The maximum absolute atomic E-state index is 12.3. The Morgan fingerprint density at radius 2 is 2.00 bits per heavy atom. The largest absolute Gasteiger partial charge is 0.495 e. The minimum Gasteiger partial charge on any atom is -0.495 e. The number of ether oxygens (including phenoxy) is 2. The van der Waals surface area contributed by atoms with Crippen molar-refractivity contribution >= 4 is 23.5 Å². The number of rotatable bonds is 7. The maximum Gasteiger partial charge on any atom is 0.338 e. The molecule has 29 heavy (non-hydrogen) atoms. The van der Waals surface area contributed by atoms with Crippen molar-refractivity contribution in [2.45, 2.75) is 26.3 Å². The maximum atomic E-state index is 12.3. The molecule has 2 aromatic carbocycles. The predicted octanol–water partition coefficient (Wildman–Crippen LogP) is 2.92. The molecule has 0 bridgehead atoms. The number of nitrogens with one attached hydrogen (secondary N) is 1. The molecule has 152 valence electrons. The third-order valence-corrected chi connectivity index (χ3v) is 4.67. The van der Waals surface area contributed by atoms with E-state index in [1.165, 1.54) is 7.11 Å². The summed E-state index contributed by atoms with van der Waals surface area (Å²) in [5.74, 6) is -0.396. The smallest absolute Gasteiger partial charge is 0.338 e. The summed E-state index contributed by atoms with van der Waals surface area (Å²) in [6.45, 7) is 2.69. The van der Waals surface area contributed by atoms with Gasteiger partial charge in [-0.25, -0.2) is 4.79 Å². The molecule has 1 aliphatic rings. The standard InChI is InChI=1S/C22H24N2O5/c1-15-8-9-19(28-2)18(11-15)23-20(25)14-29-22(27)17-6-3-5-16(12-17)13-24-10-4-7-21(24)26/h3,5-6,8-9,11-12H,4,7,10,13-14H2,1-2H3,(H,23,25). The number of amides is 2. The van der Waals surface area contributed by atoms with Crippen LogP contribution in [0.3, 0.4) is 0 Å². The number of aryl methyl sites for hydroxylation is 1. The van der Waals surface area contributed by atoms with E-state index < -0.39 is 18.5 Å². The third-order valence-electron chi connectivity index (χ3n) is 4.67. The topological polar surface area (TPSA) is 84.9 Å². The minimum atomic E-state index is -0.592. The molecule has 0 aromatic heterocycles. The highest BCUT2D eigenvalue weighted by molar-refractivity contribution is 5.96. The number of hydrogen-bond acceptors (Lipinski definition) is 5. The zero-order chi connectivity index (χ0) is 20.8. The first-order chi connectivity index (χ1) is 14.0. The summed E-state index contributed by atoms with van der Waals surface area (Å²) in [5, 5.41) is 2.69. The van der Waals surface area contributed by atoms with Gasteiger partial charge in [0.05, 0.1) is 18.4 Å². The monoisotopic (exact) mass is 396 g/mol. The Morgan fingerprint density at radius 3 is 2.72 bits per heavy atom. The van der Waals surface area contributed by atoms with E-state index in [-0.39, 0.29) is 5.91 Å². The molecular weight excluding hydrogens is 372 g/mol. The lowest BCUT2D eigenvalue weighted by Crippen LogP contribution is -2.24. The van der Waals surface area contributed by atoms with Gasteiger partial charge in [0, 0.05) is 19.5 Å². The third kappa shape index (κ3) is 5.34. The van der Waals surface area contributed by atoms with Gasteiger partial charge >= 0.3 is 5.97 Å². The first kappa shape index (κ1) is 20.4. The number of likely N-dealkylation sites (tertiary alicyclic amines) is 1. The summed E-state index contributed by atoms with van der Waals surface area (Å²) in [4.78, 5) is 38.0. The van der Waals surface area contributed by atoms with Gasteiger partial charge in [-0.3, -0.25) is 9.59 Å². The van der Waals surface area contributed by atoms with Crippen LogP contribution in [-0.4, -0.2) is 42.9 Å². The molecule has 7 heteroatoms. The average Bonchev–Trinajstić information content (AvgIpc) is 3.11. The Labute approximate surface area is 169 Å². The van der Waals surface area contributed by atoms with Gasteiger partial charge < -0.3 is 19.7 Å². The Kier molecular flexibility index (Phi) is 6.49. The van der Waals surface area contributed by atoms with Crippen molar-refractivity contribution in [1.82, 2.24) is 4.90 Å². The fourth-order valence-electron chi connectivity index (χ4n) is 3.21. The lowest BCUT2D eigenvalue weighted by molar-refractivity contribution is -0.128. The quantitative estimate of drug-likeness (QED) is 0.728. The van der Waals surface area contributed by atoms with Crippen LogP contribution >= 0.6 is 0 Å². The molecule has 1 fully saturated rings. The van der Waals surface area contributed by atoms with Gasteiger partial charge in [0.25, 0.3) is 5.91 Å². The first-order valence-corrected chi connectivity index (χ1v) is 9.44. The second-order valence-electron chi connectivity index (χ2n) is 6.95. The second-order valence-corrected chi connectivity index (χ2v) is 6.95. The number of benzene rings is 2. The summed E-state index contributed by atoms with van der Waals surface area (Å²) in [5.41, 5.74) is 2.68. The van der Waals surface area contributed by atoms with Crippen LogP contribution in [0.5, 0.6) is 5.75 Å². The first-order valence-electron chi connectivity index (χ1n) is 9.44. The Balaban J connectivity index is 1.56. The molecule has 1 N–H and O–H groups in total. The average molecular weight is 396 g/mol. The molecule has 2 amide bonds. The number of anilines is 1. The van der Waals surface area contributed by atoms with Gasteiger partial charge in [-0.15, -0.1) is 0 Å². The molecule has 0 unspecified atom stereocenters. The summed E-state index contributed by atoms with van der Waals surface area (Å²) >= 11 is 0. The molecule has 0 spiro atoms. The molecule has 0 saturated carbocycles. The van der Waals surface area contributed by atoms with Crippen LogP contribution in [0.2, 0.25) is 0 Å². The van der Waals surface area contributed by atoms with E-state index in [0.717, 1.165) is 24.1 Å². The lowest BCUT2D eigenvalue weighted by Gasteiger charge is -2.16. The summed E-state index contributed by atoms with van der Waals surface area (Å²) in [7, 11) is 1.52. The molecule has 7 nitrogen and oxygen atoms in total. The number of nitrogens with zero attached hydrogens (tertiary/aromatic N) is 1. The van der Waals surface area contributed by atoms with E-state index in [1.54, 1.807) is 35.2 Å². The van der Waals surface area contributed by atoms with E-state index >= 15 is 0 Å². The van der Waals surface area contributed by atoms with Gasteiger partial charge in [0.1, 0.15) is 5.75 Å². The summed E-state index contributed by atoms with van der Waals surface area (Å²) < 4.78 is 10.4. The fourth-order valence-corrected chi connectivity index (χ4v) is 3.21. The van der Waals surface area contributed by atoms with Gasteiger partial charge in [-0.05, 0) is 48.7 Å². The highest BCUT2D eigenvalue weighted by Crippen LogP contribution is 2.25. The minimum absolute atomic E-state index is 0.126. The van der Waals surface area contributed by atoms with Crippen LogP contribution in [-0.2, 0) is 20.9 Å². The van der Waals surface area contributed by atoms with Crippen molar-refractivity contribution in [2.24, 2.45) is 0 Å². The SMILES string of the molecule is COc1ccc(C)cc1NC(=O)COC(=O)c1cccc(CN2CCCC2=O)c1. The molecule has 2 aromatic rings. The molecule has 0 aliphatic carbocycles. The van der Waals surface area contributed by atoms with Crippen molar-refractivity contribution in [3.05, 3.63) is 59.2 Å². The van der Waals surface area contributed by atoms with Crippen molar-refractivity contribution in [1.29, 1.82) is 0 Å². The molecular formula is C22H24N2O5. The zero-order valence-electron chi connectivity index (χ0n) is 16.6. The normalized spacial score (nSPS) is 13.3. The van der Waals surface area contributed by atoms with Crippen molar-refractivity contribution in [2.75, 3.05) is 25.6 Å². The van der Waals surface area contributed by atoms with Crippen LogP contribution < -0.4 is 10.1 Å².